The molecule has 0 aromatic rings. The van der Waals surface area contributed by atoms with Crippen molar-refractivity contribution in [2.24, 2.45) is 16.6 Å². The summed E-state index contributed by atoms with van der Waals surface area (Å²) in [6.07, 6.45) is 5.45. The van der Waals surface area contributed by atoms with E-state index in [-0.39, 0.29) is 28.7 Å². The summed E-state index contributed by atoms with van der Waals surface area (Å²) in [6.45, 7) is 6.47. The van der Waals surface area contributed by atoms with Crippen LogP contribution in [0.5, 0.6) is 0 Å². The first kappa shape index (κ1) is 14.5. The largest absolute Gasteiger partial charge is 0.326 e. The zero-order valence-corrected chi connectivity index (χ0v) is 12.4. The number of amides is 2. The number of likely N-dealkylation sites (tertiary alicyclic amines) is 1. The molecule has 0 bridgehead atoms. The second-order valence-corrected chi connectivity index (χ2v) is 7.43. The number of carbonyl (C=O) groups is 2. The number of carbonyl (C=O) groups excluding carboxylic acids is 2. The molecule has 4 nitrogen and oxygen atoms in total. The molecule has 2 N–H and O–H groups in total. The van der Waals surface area contributed by atoms with Crippen molar-refractivity contribution in [2.45, 2.75) is 65.3 Å². The number of hydrogen-bond acceptors (Lipinski definition) is 3. The van der Waals surface area contributed by atoms with Crippen LogP contribution in [0.1, 0.15) is 59.3 Å². The highest BCUT2D eigenvalue weighted by Gasteiger charge is 2.45. The van der Waals surface area contributed by atoms with Gasteiger partial charge >= 0.3 is 0 Å². The maximum atomic E-state index is 12.3. The molecule has 1 atom stereocenters. The smallest absolute Gasteiger partial charge is 0.229 e. The highest BCUT2D eigenvalue weighted by Crippen LogP contribution is 2.46. The van der Waals surface area contributed by atoms with Crippen molar-refractivity contribution in [3.05, 3.63) is 0 Å². The van der Waals surface area contributed by atoms with E-state index in [4.69, 9.17) is 5.73 Å². The lowest BCUT2D eigenvalue weighted by atomic mass is 9.76. The van der Waals surface area contributed by atoms with Crippen LogP contribution in [-0.2, 0) is 9.59 Å². The van der Waals surface area contributed by atoms with Crippen LogP contribution >= 0.6 is 0 Å². The van der Waals surface area contributed by atoms with Crippen LogP contribution in [0.15, 0.2) is 0 Å². The Hall–Kier alpha value is -0.900. The number of nitrogens with zero attached hydrogens (tertiary/aromatic N) is 1. The van der Waals surface area contributed by atoms with Gasteiger partial charge in [0.15, 0.2) is 0 Å². The molecule has 1 saturated heterocycles. The molecule has 1 spiro atoms. The Morgan fingerprint density at radius 3 is 2.05 bits per heavy atom. The minimum atomic E-state index is -0.168. The lowest BCUT2D eigenvalue weighted by Gasteiger charge is -2.39. The van der Waals surface area contributed by atoms with Gasteiger partial charge in [0.1, 0.15) is 0 Å². The van der Waals surface area contributed by atoms with E-state index < -0.39 is 0 Å². The Kier molecular flexibility index (Phi) is 3.74. The topological polar surface area (TPSA) is 63.4 Å². The molecular formula is C15H26N2O2. The van der Waals surface area contributed by atoms with E-state index in [0.29, 0.717) is 19.4 Å². The minimum absolute atomic E-state index is 0.0159. The molecule has 4 heteroatoms. The molecule has 2 rings (SSSR count). The Morgan fingerprint density at radius 2 is 1.63 bits per heavy atom. The van der Waals surface area contributed by atoms with E-state index >= 15 is 0 Å². The predicted molar refractivity (Wildman–Crippen MR) is 74.3 cm³/mol. The Balaban J connectivity index is 2.04. The number of nitrogens with two attached hydrogens (primary N) is 1. The van der Waals surface area contributed by atoms with Gasteiger partial charge in [-0.25, -0.2) is 0 Å². The normalized spacial score (nSPS) is 25.2. The summed E-state index contributed by atoms with van der Waals surface area (Å²) >= 11 is 0. The summed E-state index contributed by atoms with van der Waals surface area (Å²) < 4.78 is 0. The average Bonchev–Trinajstić information content (AvgIpc) is 2.70. The van der Waals surface area contributed by atoms with Crippen molar-refractivity contribution in [3.8, 4) is 0 Å². The summed E-state index contributed by atoms with van der Waals surface area (Å²) in [5, 5.41) is 0. The van der Waals surface area contributed by atoms with E-state index in [2.05, 4.69) is 0 Å². The van der Waals surface area contributed by atoms with Crippen LogP contribution in [-0.4, -0.2) is 29.3 Å². The van der Waals surface area contributed by atoms with E-state index in [9.17, 15) is 9.59 Å². The van der Waals surface area contributed by atoms with E-state index in [0.717, 1.165) is 25.7 Å². The van der Waals surface area contributed by atoms with Crippen LogP contribution in [0.4, 0.5) is 0 Å². The first-order valence-electron chi connectivity index (χ1n) is 7.32. The summed E-state index contributed by atoms with van der Waals surface area (Å²) in [5.74, 6) is -0.0318. The van der Waals surface area contributed by atoms with Crippen molar-refractivity contribution < 1.29 is 9.59 Å². The molecule has 2 amide bonds. The number of piperidine rings is 1. The molecule has 0 radical (unpaired) electrons. The maximum Gasteiger partial charge on any atom is 0.229 e. The van der Waals surface area contributed by atoms with Gasteiger partial charge in [-0.15, -0.1) is 0 Å². The maximum absolute atomic E-state index is 12.3. The zero-order chi connectivity index (χ0) is 14.3. The number of rotatable bonds is 2. The first-order valence-corrected chi connectivity index (χ1v) is 7.32. The molecule has 2 aliphatic rings. The molecule has 1 heterocycles. The van der Waals surface area contributed by atoms with E-state index in [1.807, 2.05) is 20.8 Å². The highest BCUT2D eigenvalue weighted by atomic mass is 16.2. The van der Waals surface area contributed by atoms with Crippen molar-refractivity contribution in [2.75, 3.05) is 6.54 Å². The average molecular weight is 266 g/mol. The van der Waals surface area contributed by atoms with Crippen molar-refractivity contribution >= 4 is 11.8 Å². The molecule has 1 saturated carbocycles. The van der Waals surface area contributed by atoms with Gasteiger partial charge in [0.05, 0.1) is 0 Å². The molecule has 108 valence electrons. The van der Waals surface area contributed by atoms with E-state index in [1.54, 1.807) is 0 Å². The van der Waals surface area contributed by atoms with Gasteiger partial charge < -0.3 is 5.73 Å². The van der Waals surface area contributed by atoms with Gasteiger partial charge in [-0.2, -0.15) is 0 Å². The van der Waals surface area contributed by atoms with Crippen LogP contribution in [0.25, 0.3) is 0 Å². The Bertz CT molecular complexity index is 358. The van der Waals surface area contributed by atoms with Gasteiger partial charge in [0, 0.05) is 25.4 Å². The first-order chi connectivity index (χ1) is 8.73. The van der Waals surface area contributed by atoms with Gasteiger partial charge in [-0.3, -0.25) is 14.5 Å². The Morgan fingerprint density at radius 1 is 1.16 bits per heavy atom. The predicted octanol–water partition coefficient (Wildman–Crippen LogP) is 2.07. The molecule has 0 unspecified atom stereocenters. The minimum Gasteiger partial charge on any atom is -0.326 e. The van der Waals surface area contributed by atoms with Crippen LogP contribution in [0, 0.1) is 10.8 Å². The summed E-state index contributed by atoms with van der Waals surface area (Å²) in [7, 11) is 0. The lowest BCUT2D eigenvalue weighted by Crippen LogP contribution is -2.53. The fourth-order valence-corrected chi connectivity index (χ4v) is 3.19. The van der Waals surface area contributed by atoms with E-state index in [1.165, 1.54) is 4.90 Å². The monoisotopic (exact) mass is 266 g/mol. The molecular weight excluding hydrogens is 240 g/mol. The summed E-state index contributed by atoms with van der Waals surface area (Å²) in [5.41, 5.74) is 5.99. The zero-order valence-electron chi connectivity index (χ0n) is 12.4. The summed E-state index contributed by atoms with van der Waals surface area (Å²) in [4.78, 5) is 26.0. The van der Waals surface area contributed by atoms with Crippen LogP contribution in [0.3, 0.4) is 0 Å². The third-order valence-electron chi connectivity index (χ3n) is 4.81. The SMILES string of the molecule is CC(C)(C)[C@H](N)CN1C(=O)CC2(CCCC2)CC1=O. The Labute approximate surface area is 115 Å². The van der Waals surface area contributed by atoms with Gasteiger partial charge in [-0.1, -0.05) is 33.6 Å². The van der Waals surface area contributed by atoms with Crippen molar-refractivity contribution in [1.29, 1.82) is 0 Å². The third kappa shape index (κ3) is 2.99. The standard InChI is InChI=1S/C15H26N2O2/c1-14(2,3)11(16)10-17-12(18)8-15(9-13(17)19)6-4-5-7-15/h11H,4-10,16H2,1-3H3/t11-/m1/s1. The fraction of sp³-hybridized carbons (Fsp3) is 0.867. The van der Waals surface area contributed by atoms with Crippen molar-refractivity contribution in [1.82, 2.24) is 4.90 Å². The van der Waals surface area contributed by atoms with Gasteiger partial charge in [0.25, 0.3) is 0 Å². The van der Waals surface area contributed by atoms with Crippen molar-refractivity contribution in [3.63, 3.8) is 0 Å². The third-order valence-corrected chi connectivity index (χ3v) is 4.81. The van der Waals surface area contributed by atoms with Gasteiger partial charge in [0.2, 0.25) is 11.8 Å². The lowest BCUT2D eigenvalue weighted by molar-refractivity contribution is -0.154. The van der Waals surface area contributed by atoms with Gasteiger partial charge in [-0.05, 0) is 23.7 Å². The fourth-order valence-electron chi connectivity index (χ4n) is 3.19. The highest BCUT2D eigenvalue weighted by molar-refractivity contribution is 5.98. The molecule has 1 aliphatic carbocycles. The number of imide groups is 1. The molecule has 0 aromatic heterocycles. The molecule has 1 aliphatic heterocycles. The quantitative estimate of drug-likeness (QED) is 0.778. The van der Waals surface area contributed by atoms with Crippen LogP contribution in [0.2, 0.25) is 0 Å². The van der Waals surface area contributed by atoms with Crippen LogP contribution < -0.4 is 5.73 Å². The summed E-state index contributed by atoms with van der Waals surface area (Å²) in [6, 6.07) is -0.168. The molecule has 19 heavy (non-hydrogen) atoms. The second-order valence-electron chi connectivity index (χ2n) is 7.43. The molecule has 0 aromatic carbocycles. The number of hydrogen-bond donors (Lipinski definition) is 1. The molecule has 2 fully saturated rings. The second kappa shape index (κ2) is 4.89.